The molecule has 0 aromatic heterocycles. The lowest BCUT2D eigenvalue weighted by atomic mass is 9.85. The van der Waals surface area contributed by atoms with Crippen LogP contribution in [0.3, 0.4) is 0 Å². The molecule has 0 bridgehead atoms. The van der Waals surface area contributed by atoms with Gasteiger partial charge in [-0.3, -0.25) is 9.59 Å². The minimum atomic E-state index is -1.63. The quantitative estimate of drug-likeness (QED) is 0.146. The van der Waals surface area contributed by atoms with E-state index in [0.717, 1.165) is 11.1 Å². The van der Waals surface area contributed by atoms with Crippen molar-refractivity contribution in [3.05, 3.63) is 47.5 Å². The van der Waals surface area contributed by atoms with Gasteiger partial charge >= 0.3 is 11.9 Å². The highest BCUT2D eigenvalue weighted by Crippen LogP contribution is 2.52. The summed E-state index contributed by atoms with van der Waals surface area (Å²) < 4.78 is 56.7. The lowest BCUT2D eigenvalue weighted by Gasteiger charge is -2.40. The first-order chi connectivity index (χ1) is 25.8. The van der Waals surface area contributed by atoms with Crippen molar-refractivity contribution in [1.82, 2.24) is 0 Å². The van der Waals surface area contributed by atoms with E-state index in [-0.39, 0.29) is 60.3 Å². The first-order valence-corrected chi connectivity index (χ1v) is 17.4. The number of fused-ring (bicyclic) bond motifs is 1. The summed E-state index contributed by atoms with van der Waals surface area (Å²) in [6, 6.07) is 10.2. The van der Waals surface area contributed by atoms with Gasteiger partial charge in [0.2, 0.25) is 12.6 Å². The Bertz CT molecular complexity index is 1500. The van der Waals surface area contributed by atoms with Crippen molar-refractivity contribution in [2.75, 3.05) is 40.6 Å². The van der Waals surface area contributed by atoms with Gasteiger partial charge in [0.25, 0.3) is 0 Å². The van der Waals surface area contributed by atoms with Gasteiger partial charge in [-0.25, -0.2) is 0 Å². The first kappa shape index (κ1) is 39.9. The number of hydrogen-bond donors (Lipinski definition) is 6. The fraction of sp³-hybridized carbons (Fsp3) is 0.611. The summed E-state index contributed by atoms with van der Waals surface area (Å²) >= 11 is 0. The normalized spacial score (nSPS) is 36.2. The molecule has 4 aliphatic heterocycles. The van der Waals surface area contributed by atoms with Crippen LogP contribution in [0, 0.1) is 11.8 Å². The third-order valence-electron chi connectivity index (χ3n) is 10.0. The van der Waals surface area contributed by atoms with Crippen molar-refractivity contribution < 1.29 is 87.6 Å². The summed E-state index contributed by atoms with van der Waals surface area (Å²) in [5, 5.41) is 62.5. The van der Waals surface area contributed by atoms with Crippen molar-refractivity contribution in [1.29, 1.82) is 0 Å². The van der Waals surface area contributed by atoms with E-state index in [1.807, 2.05) is 0 Å². The maximum Gasteiger partial charge on any atom is 0.302 e. The topological polar surface area (TPSA) is 248 Å². The number of carbonyl (C=O) groups is 2. The van der Waals surface area contributed by atoms with Crippen LogP contribution in [0.5, 0.6) is 23.0 Å². The molecule has 4 fully saturated rings. The molecular weight excluding hydrogens is 720 g/mol. The second kappa shape index (κ2) is 16.9. The van der Waals surface area contributed by atoms with Crippen LogP contribution >= 0.6 is 0 Å². The van der Waals surface area contributed by atoms with Gasteiger partial charge in [0.15, 0.2) is 23.0 Å². The van der Waals surface area contributed by atoms with E-state index < -0.39 is 73.4 Å². The molecule has 6 rings (SSSR count). The number of aliphatic hydroxyl groups excluding tert-OH is 6. The van der Waals surface area contributed by atoms with Crippen LogP contribution in [0.1, 0.15) is 37.2 Å². The third kappa shape index (κ3) is 8.23. The van der Waals surface area contributed by atoms with Gasteiger partial charge in [0.1, 0.15) is 62.0 Å². The molecule has 54 heavy (non-hydrogen) atoms. The standard InChI is InChI=1S/C36H46O18/c1-15(37)47-13-25-27(39)29(41)31(43)35(53-25)51-21-7-5-17(9-23(21)45-3)33-19-11-50-34(20(19)12-49-33)18-6-8-22(24(10-18)46-4)52-36-32(44)30(42)28(40)26(54-36)14-48-16(2)38/h5-10,19-20,25-36,39-44H,11-14H2,1-4H3/t19-,20-,25+,26+,27+,28+,29-,30-,31+,32+,33-,34+,35+,36+/m0/s1. The van der Waals surface area contributed by atoms with Crippen LogP contribution in [-0.2, 0) is 38.0 Å². The Hall–Kier alpha value is -3.82. The van der Waals surface area contributed by atoms with Gasteiger partial charge in [-0.2, -0.15) is 0 Å². The minimum Gasteiger partial charge on any atom is -0.493 e. The Morgan fingerprint density at radius 3 is 1.33 bits per heavy atom. The number of carbonyl (C=O) groups excluding carboxylic acids is 2. The molecule has 0 spiro atoms. The zero-order valence-electron chi connectivity index (χ0n) is 30.0. The molecular formula is C36H46O18. The first-order valence-electron chi connectivity index (χ1n) is 17.4. The maximum atomic E-state index is 11.3. The van der Waals surface area contributed by atoms with Crippen LogP contribution in [0.15, 0.2) is 36.4 Å². The van der Waals surface area contributed by atoms with E-state index in [1.165, 1.54) is 28.1 Å². The number of benzene rings is 2. The molecule has 18 heteroatoms. The Balaban J connectivity index is 1.12. The van der Waals surface area contributed by atoms with Crippen molar-refractivity contribution in [3.63, 3.8) is 0 Å². The molecule has 4 aliphatic rings. The summed E-state index contributed by atoms with van der Waals surface area (Å²) in [5.74, 6) is -0.380. The van der Waals surface area contributed by atoms with Crippen molar-refractivity contribution >= 4 is 11.9 Å². The summed E-state index contributed by atoms with van der Waals surface area (Å²) in [7, 11) is 2.88. The van der Waals surface area contributed by atoms with Crippen molar-refractivity contribution in [2.24, 2.45) is 11.8 Å². The van der Waals surface area contributed by atoms with E-state index in [2.05, 4.69) is 0 Å². The molecule has 18 nitrogen and oxygen atoms in total. The molecule has 6 N–H and O–H groups in total. The predicted molar refractivity (Wildman–Crippen MR) is 178 cm³/mol. The van der Waals surface area contributed by atoms with Gasteiger partial charge < -0.3 is 78.0 Å². The highest BCUT2D eigenvalue weighted by Gasteiger charge is 2.50. The van der Waals surface area contributed by atoms with E-state index in [0.29, 0.717) is 13.2 Å². The Morgan fingerprint density at radius 1 is 0.593 bits per heavy atom. The number of methoxy groups -OCH3 is 2. The Kier molecular flexibility index (Phi) is 12.5. The fourth-order valence-electron chi connectivity index (χ4n) is 7.10. The fourth-order valence-corrected chi connectivity index (χ4v) is 7.10. The van der Waals surface area contributed by atoms with Crippen LogP contribution in [0.2, 0.25) is 0 Å². The third-order valence-corrected chi connectivity index (χ3v) is 10.0. The van der Waals surface area contributed by atoms with Gasteiger partial charge in [0.05, 0.1) is 39.6 Å². The largest absolute Gasteiger partial charge is 0.493 e. The molecule has 0 unspecified atom stereocenters. The zero-order chi connectivity index (χ0) is 38.8. The van der Waals surface area contributed by atoms with Gasteiger partial charge in [0, 0.05) is 25.7 Å². The van der Waals surface area contributed by atoms with E-state index in [4.69, 9.17) is 47.4 Å². The lowest BCUT2D eigenvalue weighted by Crippen LogP contribution is -2.60. The van der Waals surface area contributed by atoms with Crippen LogP contribution < -0.4 is 18.9 Å². The monoisotopic (exact) mass is 766 g/mol. The molecule has 298 valence electrons. The second-order valence-electron chi connectivity index (χ2n) is 13.5. The van der Waals surface area contributed by atoms with Crippen LogP contribution in [0.25, 0.3) is 0 Å². The smallest absolute Gasteiger partial charge is 0.302 e. The number of esters is 2. The summed E-state index contributed by atoms with van der Waals surface area (Å²) in [5.41, 5.74) is 1.55. The average molecular weight is 767 g/mol. The molecule has 4 saturated heterocycles. The van der Waals surface area contributed by atoms with Crippen LogP contribution in [-0.4, -0.2) is 145 Å². The summed E-state index contributed by atoms with van der Waals surface area (Å²) in [6.07, 6.45) is -15.4. The molecule has 14 atom stereocenters. The van der Waals surface area contributed by atoms with Crippen LogP contribution in [0.4, 0.5) is 0 Å². The Morgan fingerprint density at radius 2 is 0.981 bits per heavy atom. The van der Waals surface area contributed by atoms with Crippen molar-refractivity contribution in [2.45, 2.75) is 87.5 Å². The average Bonchev–Trinajstić information content (AvgIpc) is 3.77. The zero-order valence-corrected chi connectivity index (χ0v) is 30.0. The molecule has 0 amide bonds. The van der Waals surface area contributed by atoms with E-state index in [9.17, 15) is 40.2 Å². The van der Waals surface area contributed by atoms with E-state index >= 15 is 0 Å². The molecule has 2 aromatic carbocycles. The summed E-state index contributed by atoms with van der Waals surface area (Å²) in [4.78, 5) is 22.6. The summed E-state index contributed by atoms with van der Waals surface area (Å²) in [6.45, 7) is 2.41. The molecule has 4 heterocycles. The Labute approximate surface area is 309 Å². The minimum absolute atomic E-state index is 0.0524. The molecule has 0 aliphatic carbocycles. The van der Waals surface area contributed by atoms with Gasteiger partial charge in [-0.05, 0) is 35.4 Å². The molecule has 0 saturated carbocycles. The van der Waals surface area contributed by atoms with Crippen molar-refractivity contribution in [3.8, 4) is 23.0 Å². The number of rotatable bonds is 12. The second-order valence-corrected chi connectivity index (χ2v) is 13.5. The SMILES string of the molecule is COc1cc([C@H]2OC[C@H]3[C@@H]2CO[C@H]3c2ccc(O[C@@H]3O[C@H](COC(C)=O)[C@@H](O)[C@H](O)[C@H]3O)c(OC)c2)ccc1O[C@@H]1O[C@H](COC(C)=O)[C@@H](O)[C@H](O)[C@H]1O. The lowest BCUT2D eigenvalue weighted by molar-refractivity contribution is -0.278. The number of hydrogen-bond acceptors (Lipinski definition) is 18. The number of ether oxygens (including phenoxy) is 10. The number of aliphatic hydroxyl groups is 6. The highest BCUT2D eigenvalue weighted by molar-refractivity contribution is 5.66. The van der Waals surface area contributed by atoms with Gasteiger partial charge in [-0.15, -0.1) is 0 Å². The molecule has 2 aromatic rings. The van der Waals surface area contributed by atoms with E-state index in [1.54, 1.807) is 36.4 Å². The van der Waals surface area contributed by atoms with Gasteiger partial charge in [-0.1, -0.05) is 12.1 Å². The highest BCUT2D eigenvalue weighted by atomic mass is 16.7. The molecule has 0 radical (unpaired) electrons. The maximum absolute atomic E-state index is 11.3. The predicted octanol–water partition coefficient (Wildman–Crippen LogP) is -0.722.